The van der Waals surface area contributed by atoms with Gasteiger partial charge in [0.05, 0.1) is 14.5 Å². The van der Waals surface area contributed by atoms with Crippen LogP contribution in [0, 0.1) is 0 Å². The van der Waals surface area contributed by atoms with Gasteiger partial charge in [0.2, 0.25) is 0 Å². The fourth-order valence-electron chi connectivity index (χ4n) is 1.26. The van der Waals surface area contributed by atoms with Crippen molar-refractivity contribution in [2.75, 3.05) is 10.5 Å². The predicted molar refractivity (Wildman–Crippen MR) is 78.7 cm³/mol. The Bertz CT molecular complexity index is 685. The molecule has 0 saturated heterocycles. The number of nitrogens with one attached hydrogen (secondary N) is 1. The summed E-state index contributed by atoms with van der Waals surface area (Å²) in [6.07, 6.45) is 0. The van der Waals surface area contributed by atoms with Gasteiger partial charge in [-0.1, -0.05) is 11.6 Å². The highest BCUT2D eigenvalue weighted by atomic mass is 79.9. The predicted octanol–water partition coefficient (Wildman–Crippen LogP) is 3.55. The monoisotopic (exact) mass is 366 g/mol. The molecule has 0 unspecified atom stereocenters. The number of anilines is 2. The molecule has 1 heterocycles. The standard InChI is InChI=1S/C10H8BrClN2O2S2/c11-9-3-4-10(17-9)18(15,16)14-8-5-6(13)1-2-7(8)12/h1-5,14H,13H2. The van der Waals surface area contributed by atoms with Crippen LogP contribution in [0.4, 0.5) is 11.4 Å². The van der Waals surface area contributed by atoms with Crippen LogP contribution < -0.4 is 10.5 Å². The number of nitrogens with two attached hydrogens (primary N) is 1. The van der Waals surface area contributed by atoms with Gasteiger partial charge in [-0.05, 0) is 46.3 Å². The van der Waals surface area contributed by atoms with E-state index in [9.17, 15) is 8.42 Å². The molecule has 4 nitrogen and oxygen atoms in total. The second-order valence-electron chi connectivity index (χ2n) is 3.40. The van der Waals surface area contributed by atoms with Gasteiger partial charge in [-0.25, -0.2) is 8.42 Å². The average molecular weight is 368 g/mol. The van der Waals surface area contributed by atoms with Crippen LogP contribution in [0.5, 0.6) is 0 Å². The first-order valence-electron chi connectivity index (χ1n) is 4.72. The van der Waals surface area contributed by atoms with Crippen molar-refractivity contribution >= 4 is 60.3 Å². The molecule has 0 spiro atoms. The Balaban J connectivity index is 2.36. The molecule has 0 bridgehead atoms. The molecule has 8 heteroatoms. The van der Waals surface area contributed by atoms with Crippen LogP contribution in [0.15, 0.2) is 38.3 Å². The summed E-state index contributed by atoms with van der Waals surface area (Å²) >= 11 is 10.2. The van der Waals surface area contributed by atoms with E-state index in [2.05, 4.69) is 20.7 Å². The molecule has 0 fully saturated rings. The quantitative estimate of drug-likeness (QED) is 0.815. The zero-order chi connectivity index (χ0) is 13.3. The largest absolute Gasteiger partial charge is 0.399 e. The Kier molecular flexibility index (Phi) is 3.86. The molecule has 2 rings (SSSR count). The van der Waals surface area contributed by atoms with Crippen molar-refractivity contribution in [1.82, 2.24) is 0 Å². The van der Waals surface area contributed by atoms with Crippen molar-refractivity contribution in [2.24, 2.45) is 0 Å². The van der Waals surface area contributed by atoms with Crippen LogP contribution in [0.3, 0.4) is 0 Å². The third-order valence-corrected chi connectivity index (χ3v) is 5.86. The normalized spacial score (nSPS) is 11.4. The van der Waals surface area contributed by atoms with Crippen LogP contribution in [-0.4, -0.2) is 8.42 Å². The lowest BCUT2D eigenvalue weighted by molar-refractivity contribution is 0.603. The molecule has 2 aromatic rings. The Morgan fingerprint density at radius 3 is 2.61 bits per heavy atom. The number of hydrogen-bond acceptors (Lipinski definition) is 4. The Morgan fingerprint density at radius 2 is 2.00 bits per heavy atom. The molecule has 0 aliphatic rings. The van der Waals surface area contributed by atoms with Crippen LogP contribution in [0.2, 0.25) is 5.02 Å². The van der Waals surface area contributed by atoms with Crippen molar-refractivity contribution < 1.29 is 8.42 Å². The number of thiophene rings is 1. The minimum absolute atomic E-state index is 0.202. The van der Waals surface area contributed by atoms with E-state index in [1.54, 1.807) is 18.2 Å². The summed E-state index contributed by atoms with van der Waals surface area (Å²) in [7, 11) is -3.63. The van der Waals surface area contributed by atoms with Gasteiger partial charge in [0, 0.05) is 5.69 Å². The van der Waals surface area contributed by atoms with E-state index >= 15 is 0 Å². The van der Waals surface area contributed by atoms with Crippen LogP contribution in [0.25, 0.3) is 0 Å². The second kappa shape index (κ2) is 5.08. The molecule has 18 heavy (non-hydrogen) atoms. The fourth-order valence-corrected chi connectivity index (χ4v) is 4.56. The molecule has 0 radical (unpaired) electrons. The molecule has 3 N–H and O–H groups in total. The highest BCUT2D eigenvalue weighted by molar-refractivity contribution is 9.11. The Morgan fingerprint density at radius 1 is 1.28 bits per heavy atom. The average Bonchev–Trinajstić information content (AvgIpc) is 2.71. The van der Waals surface area contributed by atoms with E-state index in [0.717, 1.165) is 15.1 Å². The number of rotatable bonds is 3. The molecule has 0 aliphatic carbocycles. The van der Waals surface area contributed by atoms with Crippen molar-refractivity contribution in [3.63, 3.8) is 0 Å². The number of sulfonamides is 1. The summed E-state index contributed by atoms with van der Waals surface area (Å²) < 4.78 is 27.5. The first kappa shape index (κ1) is 13.7. The minimum Gasteiger partial charge on any atom is -0.399 e. The second-order valence-corrected chi connectivity index (χ2v) is 8.18. The van der Waals surface area contributed by atoms with Gasteiger partial charge in [0.15, 0.2) is 0 Å². The molecule has 0 saturated carbocycles. The van der Waals surface area contributed by atoms with Crippen LogP contribution in [0.1, 0.15) is 0 Å². The zero-order valence-corrected chi connectivity index (χ0v) is 12.8. The number of benzene rings is 1. The van der Waals surface area contributed by atoms with E-state index in [1.807, 2.05) is 0 Å². The van der Waals surface area contributed by atoms with Gasteiger partial charge in [0.1, 0.15) is 4.21 Å². The van der Waals surface area contributed by atoms with Crippen LogP contribution in [-0.2, 0) is 10.0 Å². The van der Waals surface area contributed by atoms with E-state index in [0.29, 0.717) is 10.7 Å². The lowest BCUT2D eigenvalue weighted by Gasteiger charge is -2.08. The van der Waals surface area contributed by atoms with E-state index in [1.165, 1.54) is 12.1 Å². The zero-order valence-electron chi connectivity index (χ0n) is 8.85. The summed E-state index contributed by atoms with van der Waals surface area (Å²) in [5.74, 6) is 0. The maximum Gasteiger partial charge on any atom is 0.271 e. The highest BCUT2D eigenvalue weighted by Gasteiger charge is 2.18. The van der Waals surface area contributed by atoms with Gasteiger partial charge in [-0.15, -0.1) is 11.3 Å². The van der Waals surface area contributed by atoms with Crippen LogP contribution >= 0.6 is 38.9 Å². The Labute approximate surface area is 122 Å². The van der Waals surface area contributed by atoms with Crippen molar-refractivity contribution in [1.29, 1.82) is 0 Å². The van der Waals surface area contributed by atoms with Gasteiger partial charge in [-0.2, -0.15) is 0 Å². The fraction of sp³-hybridized carbons (Fsp3) is 0. The molecule has 1 aromatic heterocycles. The first-order chi connectivity index (χ1) is 8.38. The van der Waals surface area contributed by atoms with Gasteiger partial charge in [0.25, 0.3) is 10.0 Å². The molecule has 0 aliphatic heterocycles. The summed E-state index contributed by atoms with van der Waals surface area (Å²) in [5.41, 5.74) is 6.29. The van der Waals surface area contributed by atoms with Gasteiger partial charge < -0.3 is 5.73 Å². The summed E-state index contributed by atoms with van der Waals surface area (Å²) in [4.78, 5) is 0. The van der Waals surface area contributed by atoms with Gasteiger partial charge >= 0.3 is 0 Å². The lowest BCUT2D eigenvalue weighted by atomic mass is 10.3. The summed E-state index contributed by atoms with van der Waals surface area (Å²) in [5, 5.41) is 0.295. The smallest absolute Gasteiger partial charge is 0.271 e. The molecule has 0 atom stereocenters. The van der Waals surface area contributed by atoms with Crippen molar-refractivity contribution in [3.05, 3.63) is 39.1 Å². The Hall–Kier alpha value is -0.760. The molecule has 1 aromatic carbocycles. The topological polar surface area (TPSA) is 72.2 Å². The first-order valence-corrected chi connectivity index (χ1v) is 8.19. The number of nitrogen functional groups attached to an aromatic ring is 1. The molecular weight excluding hydrogens is 360 g/mol. The van der Waals surface area contributed by atoms with E-state index in [-0.39, 0.29) is 9.90 Å². The minimum atomic E-state index is -3.63. The molecule has 96 valence electrons. The number of halogens is 2. The van der Waals surface area contributed by atoms with Crippen molar-refractivity contribution in [2.45, 2.75) is 4.21 Å². The van der Waals surface area contributed by atoms with E-state index in [4.69, 9.17) is 17.3 Å². The SMILES string of the molecule is Nc1ccc(Cl)c(NS(=O)(=O)c2ccc(Br)s2)c1. The molecular formula is C10H8BrClN2O2S2. The third-order valence-electron chi connectivity index (χ3n) is 2.05. The summed E-state index contributed by atoms with van der Waals surface area (Å²) in [6, 6.07) is 7.79. The van der Waals surface area contributed by atoms with Crippen molar-refractivity contribution in [3.8, 4) is 0 Å². The maximum absolute atomic E-state index is 12.1. The third kappa shape index (κ3) is 2.97. The number of hydrogen-bond donors (Lipinski definition) is 2. The lowest BCUT2D eigenvalue weighted by Crippen LogP contribution is -2.11. The van der Waals surface area contributed by atoms with E-state index < -0.39 is 10.0 Å². The van der Waals surface area contributed by atoms with Gasteiger partial charge in [-0.3, -0.25) is 4.72 Å². The maximum atomic E-state index is 12.1. The highest BCUT2D eigenvalue weighted by Crippen LogP contribution is 2.30. The summed E-state index contributed by atoms with van der Waals surface area (Å²) in [6.45, 7) is 0. The molecule has 0 amide bonds.